The first-order valence-electron chi connectivity index (χ1n) is 5.37. The van der Waals surface area contributed by atoms with E-state index in [-0.39, 0.29) is 0 Å². The van der Waals surface area contributed by atoms with E-state index in [0.29, 0.717) is 6.47 Å². The summed E-state index contributed by atoms with van der Waals surface area (Å²) < 4.78 is 5.09. The van der Waals surface area contributed by atoms with Crippen molar-refractivity contribution in [1.29, 1.82) is 0 Å². The van der Waals surface area contributed by atoms with Gasteiger partial charge in [0.15, 0.2) is 5.72 Å². The average Bonchev–Trinajstić information content (AvgIpc) is 2.63. The molecule has 1 N–H and O–H groups in total. The van der Waals surface area contributed by atoms with Gasteiger partial charge in [0.05, 0.1) is 0 Å². The zero-order valence-corrected chi connectivity index (χ0v) is 8.79. The van der Waals surface area contributed by atoms with Crippen molar-refractivity contribution in [2.24, 2.45) is 0 Å². The van der Waals surface area contributed by atoms with E-state index in [0.717, 1.165) is 25.8 Å². The van der Waals surface area contributed by atoms with E-state index in [1.807, 2.05) is 6.08 Å². The third kappa shape index (κ3) is 3.14. The Bertz CT molecular complexity index is 203. The Morgan fingerprint density at radius 1 is 1.57 bits per heavy atom. The SMILES string of the molecule is CCCCCNC1(OC=O)C=CCC1. The molecule has 0 saturated heterocycles. The molecule has 0 bridgehead atoms. The predicted molar refractivity (Wildman–Crippen MR) is 55.8 cm³/mol. The third-order valence-corrected chi connectivity index (χ3v) is 2.53. The quantitative estimate of drug-likeness (QED) is 0.293. The van der Waals surface area contributed by atoms with Gasteiger partial charge in [-0.3, -0.25) is 10.1 Å². The second kappa shape index (κ2) is 5.81. The number of carbonyl (C=O) groups is 1. The summed E-state index contributed by atoms with van der Waals surface area (Å²) in [5.41, 5.74) is -0.504. The van der Waals surface area contributed by atoms with Crippen LogP contribution in [0.2, 0.25) is 0 Å². The molecule has 80 valence electrons. The van der Waals surface area contributed by atoms with Crippen LogP contribution in [0.5, 0.6) is 0 Å². The van der Waals surface area contributed by atoms with Gasteiger partial charge < -0.3 is 4.74 Å². The number of unbranched alkanes of at least 4 members (excludes halogenated alkanes) is 2. The summed E-state index contributed by atoms with van der Waals surface area (Å²) >= 11 is 0. The lowest BCUT2D eigenvalue weighted by Crippen LogP contribution is -2.44. The molecule has 0 heterocycles. The van der Waals surface area contributed by atoms with Gasteiger partial charge >= 0.3 is 0 Å². The standard InChI is InChI=1S/C11H19NO2/c1-2-3-6-9-12-11(14-10-13)7-4-5-8-11/h4,7,10,12H,2-3,5-6,8-9H2,1H3. The molecule has 3 nitrogen and oxygen atoms in total. The first-order chi connectivity index (χ1) is 6.83. The van der Waals surface area contributed by atoms with Gasteiger partial charge in [0.1, 0.15) is 0 Å². The van der Waals surface area contributed by atoms with Crippen molar-refractivity contribution < 1.29 is 9.53 Å². The van der Waals surface area contributed by atoms with E-state index in [4.69, 9.17) is 4.74 Å². The van der Waals surface area contributed by atoms with Crippen molar-refractivity contribution >= 4 is 6.47 Å². The first-order valence-corrected chi connectivity index (χ1v) is 5.37. The van der Waals surface area contributed by atoms with Crippen LogP contribution >= 0.6 is 0 Å². The minimum Gasteiger partial charge on any atom is -0.442 e. The van der Waals surface area contributed by atoms with Gasteiger partial charge in [0.2, 0.25) is 0 Å². The monoisotopic (exact) mass is 197 g/mol. The number of hydrogen-bond donors (Lipinski definition) is 1. The van der Waals surface area contributed by atoms with Gasteiger partial charge in [0, 0.05) is 6.42 Å². The summed E-state index contributed by atoms with van der Waals surface area (Å²) in [5.74, 6) is 0. The van der Waals surface area contributed by atoms with Crippen LogP contribution in [0.1, 0.15) is 39.0 Å². The van der Waals surface area contributed by atoms with E-state index in [1.165, 1.54) is 12.8 Å². The van der Waals surface area contributed by atoms with Crippen LogP contribution < -0.4 is 5.32 Å². The van der Waals surface area contributed by atoms with Gasteiger partial charge in [-0.15, -0.1) is 0 Å². The van der Waals surface area contributed by atoms with Gasteiger partial charge in [-0.05, 0) is 25.5 Å². The molecule has 1 aliphatic carbocycles. The Hall–Kier alpha value is -0.830. The van der Waals surface area contributed by atoms with Gasteiger partial charge in [0.25, 0.3) is 6.47 Å². The van der Waals surface area contributed by atoms with Gasteiger partial charge in [-0.1, -0.05) is 25.8 Å². The molecular weight excluding hydrogens is 178 g/mol. The fourth-order valence-electron chi connectivity index (χ4n) is 1.70. The number of allylic oxidation sites excluding steroid dienone is 1. The molecule has 0 saturated carbocycles. The van der Waals surface area contributed by atoms with E-state index < -0.39 is 5.72 Å². The fraction of sp³-hybridized carbons (Fsp3) is 0.727. The smallest absolute Gasteiger partial charge is 0.295 e. The minimum absolute atomic E-state index is 0.504. The van der Waals surface area contributed by atoms with Crippen molar-refractivity contribution in [2.45, 2.75) is 44.8 Å². The number of carbonyl (C=O) groups excluding carboxylic acids is 1. The molecule has 0 amide bonds. The number of rotatable bonds is 7. The number of ether oxygens (including phenoxy) is 1. The highest BCUT2D eigenvalue weighted by molar-refractivity contribution is 5.39. The highest BCUT2D eigenvalue weighted by atomic mass is 16.6. The molecule has 0 fully saturated rings. The molecule has 14 heavy (non-hydrogen) atoms. The van der Waals surface area contributed by atoms with Crippen molar-refractivity contribution in [2.75, 3.05) is 6.54 Å². The zero-order valence-electron chi connectivity index (χ0n) is 8.79. The van der Waals surface area contributed by atoms with Gasteiger partial charge in [-0.25, -0.2) is 0 Å². The molecule has 1 rings (SSSR count). The van der Waals surface area contributed by atoms with Gasteiger partial charge in [-0.2, -0.15) is 0 Å². The Labute approximate surface area is 85.5 Å². The van der Waals surface area contributed by atoms with Crippen molar-refractivity contribution in [3.8, 4) is 0 Å². The summed E-state index contributed by atoms with van der Waals surface area (Å²) in [4.78, 5) is 10.4. The molecule has 1 atom stereocenters. The van der Waals surface area contributed by atoms with E-state index in [2.05, 4.69) is 18.3 Å². The maximum absolute atomic E-state index is 10.4. The maximum Gasteiger partial charge on any atom is 0.295 e. The minimum atomic E-state index is -0.504. The number of nitrogens with one attached hydrogen (secondary N) is 1. The topological polar surface area (TPSA) is 38.3 Å². The lowest BCUT2D eigenvalue weighted by atomic mass is 10.2. The summed E-state index contributed by atoms with van der Waals surface area (Å²) in [5, 5.41) is 3.29. The maximum atomic E-state index is 10.4. The Morgan fingerprint density at radius 3 is 3.00 bits per heavy atom. The van der Waals surface area contributed by atoms with Crippen LogP contribution in [-0.2, 0) is 9.53 Å². The van der Waals surface area contributed by atoms with E-state index in [1.54, 1.807) is 0 Å². The van der Waals surface area contributed by atoms with E-state index in [9.17, 15) is 4.79 Å². The van der Waals surface area contributed by atoms with E-state index >= 15 is 0 Å². The molecule has 0 aliphatic heterocycles. The number of hydrogen-bond acceptors (Lipinski definition) is 3. The second-order valence-corrected chi connectivity index (χ2v) is 3.68. The molecular formula is C11H19NO2. The molecule has 0 radical (unpaired) electrons. The zero-order chi connectivity index (χ0) is 10.3. The normalized spacial score (nSPS) is 25.2. The van der Waals surface area contributed by atoms with Crippen LogP contribution in [-0.4, -0.2) is 18.7 Å². The molecule has 0 aromatic heterocycles. The molecule has 0 aromatic carbocycles. The van der Waals surface area contributed by atoms with Crippen molar-refractivity contribution in [3.05, 3.63) is 12.2 Å². The molecule has 0 aromatic rings. The predicted octanol–water partition coefficient (Wildman–Crippen LogP) is 1.99. The third-order valence-electron chi connectivity index (χ3n) is 2.53. The summed E-state index contributed by atoms with van der Waals surface area (Å²) in [6.45, 7) is 3.61. The highest BCUT2D eigenvalue weighted by Gasteiger charge is 2.30. The first kappa shape index (κ1) is 11.2. The second-order valence-electron chi connectivity index (χ2n) is 3.68. The summed E-state index contributed by atoms with van der Waals surface area (Å²) in [6.07, 6.45) is 9.40. The molecule has 0 spiro atoms. The lowest BCUT2D eigenvalue weighted by Gasteiger charge is -2.26. The largest absolute Gasteiger partial charge is 0.442 e. The van der Waals surface area contributed by atoms with Crippen LogP contribution in [0.4, 0.5) is 0 Å². The average molecular weight is 197 g/mol. The van der Waals surface area contributed by atoms with Crippen LogP contribution in [0.15, 0.2) is 12.2 Å². The Morgan fingerprint density at radius 2 is 2.43 bits per heavy atom. The van der Waals surface area contributed by atoms with Crippen molar-refractivity contribution in [1.82, 2.24) is 5.32 Å². The summed E-state index contributed by atoms with van der Waals surface area (Å²) in [7, 11) is 0. The van der Waals surface area contributed by atoms with Crippen LogP contribution in [0.25, 0.3) is 0 Å². The molecule has 1 aliphatic rings. The molecule has 3 heteroatoms. The lowest BCUT2D eigenvalue weighted by molar-refractivity contribution is -0.141. The summed E-state index contributed by atoms with van der Waals surface area (Å²) in [6, 6.07) is 0. The fourth-order valence-corrected chi connectivity index (χ4v) is 1.70. The molecule has 1 unspecified atom stereocenters. The Kier molecular flexibility index (Phi) is 4.66. The van der Waals surface area contributed by atoms with Crippen molar-refractivity contribution in [3.63, 3.8) is 0 Å². The Balaban J connectivity index is 2.29. The van der Waals surface area contributed by atoms with Crippen LogP contribution in [0, 0.1) is 0 Å². The van der Waals surface area contributed by atoms with Crippen LogP contribution in [0.3, 0.4) is 0 Å². The highest BCUT2D eigenvalue weighted by Crippen LogP contribution is 2.23.